The highest BCUT2D eigenvalue weighted by atomic mass is 35.5. The highest BCUT2D eigenvalue weighted by molar-refractivity contribution is 7.92. The summed E-state index contributed by atoms with van der Waals surface area (Å²) in [5.74, 6) is -1.11. The van der Waals surface area contributed by atoms with Gasteiger partial charge in [0.15, 0.2) is 0 Å². The summed E-state index contributed by atoms with van der Waals surface area (Å²) >= 11 is 5.83. The van der Waals surface area contributed by atoms with Crippen molar-refractivity contribution >= 4 is 44.0 Å². The Morgan fingerprint density at radius 1 is 1.10 bits per heavy atom. The fourth-order valence-electron chi connectivity index (χ4n) is 3.34. The van der Waals surface area contributed by atoms with Gasteiger partial charge in [0.1, 0.15) is 11.9 Å². The van der Waals surface area contributed by atoms with Crippen molar-refractivity contribution < 1.29 is 17.6 Å². The molecule has 1 N–H and O–H groups in total. The Hall–Kier alpha value is -2.64. The van der Waals surface area contributed by atoms with Crippen LogP contribution in [0.3, 0.4) is 0 Å². The molecular formula is C22H22ClFN2O3S. The molecule has 1 amide bonds. The highest BCUT2D eigenvalue weighted by Gasteiger charge is 2.31. The lowest BCUT2D eigenvalue weighted by Gasteiger charge is -2.30. The zero-order valence-electron chi connectivity index (χ0n) is 16.6. The number of sulfonamides is 1. The van der Waals surface area contributed by atoms with Gasteiger partial charge in [-0.2, -0.15) is 0 Å². The summed E-state index contributed by atoms with van der Waals surface area (Å²) < 4.78 is 39.4. The van der Waals surface area contributed by atoms with Crippen LogP contribution < -0.4 is 9.62 Å². The number of nitrogens with zero attached hydrogens (tertiary/aromatic N) is 1. The quantitative estimate of drug-likeness (QED) is 0.579. The molecule has 8 heteroatoms. The number of nitrogens with one attached hydrogen (secondary N) is 1. The number of rotatable bonds is 7. The molecule has 0 unspecified atom stereocenters. The first-order valence-electron chi connectivity index (χ1n) is 9.40. The lowest BCUT2D eigenvalue weighted by atomic mass is 10.1. The van der Waals surface area contributed by atoms with E-state index >= 15 is 0 Å². The Morgan fingerprint density at radius 3 is 2.43 bits per heavy atom. The summed E-state index contributed by atoms with van der Waals surface area (Å²) in [4.78, 5) is 12.9. The van der Waals surface area contributed by atoms with Crippen molar-refractivity contribution in [1.29, 1.82) is 0 Å². The smallest absolute Gasteiger partial charge is 0.244 e. The second-order valence-corrected chi connectivity index (χ2v) is 9.25. The summed E-state index contributed by atoms with van der Waals surface area (Å²) in [6.45, 7) is 1.96. The predicted molar refractivity (Wildman–Crippen MR) is 119 cm³/mol. The average molecular weight is 449 g/mol. The number of anilines is 1. The topological polar surface area (TPSA) is 66.5 Å². The Bertz CT molecular complexity index is 1180. The van der Waals surface area contributed by atoms with Gasteiger partial charge in [-0.1, -0.05) is 54.9 Å². The highest BCUT2D eigenvalue weighted by Crippen LogP contribution is 2.27. The molecule has 0 saturated carbocycles. The Labute approximate surface area is 180 Å². The van der Waals surface area contributed by atoms with Crippen molar-refractivity contribution in [3.8, 4) is 0 Å². The molecule has 3 aromatic rings. The lowest BCUT2D eigenvalue weighted by molar-refractivity contribution is -0.122. The average Bonchev–Trinajstić information content (AvgIpc) is 2.71. The van der Waals surface area contributed by atoms with E-state index in [9.17, 15) is 17.6 Å². The summed E-state index contributed by atoms with van der Waals surface area (Å²) in [6.07, 6.45) is 1.23. The van der Waals surface area contributed by atoms with Crippen molar-refractivity contribution in [1.82, 2.24) is 5.32 Å². The lowest BCUT2D eigenvalue weighted by Crippen LogP contribution is -2.49. The number of carbonyl (C=O) groups excluding carboxylic acids is 1. The maximum atomic E-state index is 13.5. The van der Waals surface area contributed by atoms with Crippen LogP contribution in [0, 0.1) is 5.82 Å². The Balaban J connectivity index is 1.83. The molecule has 158 valence electrons. The molecule has 3 aromatic carbocycles. The number of fused-ring (bicyclic) bond motifs is 1. The number of hydrogen-bond donors (Lipinski definition) is 1. The Morgan fingerprint density at radius 2 is 1.80 bits per heavy atom. The maximum Gasteiger partial charge on any atom is 0.244 e. The fourth-order valence-corrected chi connectivity index (χ4v) is 4.72. The molecule has 0 fully saturated rings. The fraction of sp³-hybridized carbons (Fsp3) is 0.227. The predicted octanol–water partition coefficient (Wildman–Crippen LogP) is 4.49. The molecular weight excluding hydrogens is 427 g/mol. The normalized spacial score (nSPS) is 12.5. The molecule has 0 aromatic heterocycles. The minimum absolute atomic E-state index is 0.136. The van der Waals surface area contributed by atoms with Gasteiger partial charge in [0.2, 0.25) is 15.9 Å². The van der Waals surface area contributed by atoms with Gasteiger partial charge in [-0.15, -0.1) is 0 Å². The number of halogens is 2. The van der Waals surface area contributed by atoms with Gasteiger partial charge in [-0.3, -0.25) is 9.10 Å². The molecule has 5 nitrogen and oxygen atoms in total. The van der Waals surface area contributed by atoms with Gasteiger partial charge in [0, 0.05) is 6.54 Å². The second kappa shape index (κ2) is 9.02. The third-order valence-electron chi connectivity index (χ3n) is 4.77. The van der Waals surface area contributed by atoms with E-state index in [2.05, 4.69) is 5.32 Å². The number of hydrogen-bond acceptors (Lipinski definition) is 3. The van der Waals surface area contributed by atoms with Crippen LogP contribution in [0.1, 0.15) is 18.9 Å². The third-order valence-corrected chi connectivity index (χ3v) is 6.24. The van der Waals surface area contributed by atoms with E-state index < -0.39 is 27.8 Å². The van der Waals surface area contributed by atoms with Gasteiger partial charge in [-0.05, 0) is 47.0 Å². The van der Waals surface area contributed by atoms with Crippen molar-refractivity contribution in [2.24, 2.45) is 0 Å². The number of carbonyl (C=O) groups is 1. The van der Waals surface area contributed by atoms with Crippen LogP contribution in [0.15, 0.2) is 60.7 Å². The van der Waals surface area contributed by atoms with E-state index in [1.54, 1.807) is 6.92 Å². The summed E-state index contributed by atoms with van der Waals surface area (Å²) in [5, 5.41) is 4.74. The van der Waals surface area contributed by atoms with E-state index in [1.807, 2.05) is 42.5 Å². The molecule has 3 rings (SSSR count). The van der Waals surface area contributed by atoms with E-state index in [1.165, 1.54) is 12.1 Å². The van der Waals surface area contributed by atoms with Gasteiger partial charge >= 0.3 is 0 Å². The molecule has 0 aliphatic carbocycles. The molecule has 0 spiro atoms. The monoisotopic (exact) mass is 448 g/mol. The van der Waals surface area contributed by atoms with Gasteiger partial charge in [0.05, 0.1) is 17.0 Å². The van der Waals surface area contributed by atoms with Crippen molar-refractivity contribution in [2.45, 2.75) is 25.9 Å². The first-order chi connectivity index (χ1) is 14.2. The van der Waals surface area contributed by atoms with Gasteiger partial charge < -0.3 is 5.32 Å². The molecule has 0 heterocycles. The second-order valence-electron chi connectivity index (χ2n) is 6.98. The van der Waals surface area contributed by atoms with Crippen LogP contribution in [0.5, 0.6) is 0 Å². The summed E-state index contributed by atoms with van der Waals surface area (Å²) in [6, 6.07) is 16.3. The number of benzene rings is 3. The van der Waals surface area contributed by atoms with Crippen LogP contribution in [0.4, 0.5) is 10.1 Å². The van der Waals surface area contributed by atoms with Crippen molar-refractivity contribution in [3.05, 3.63) is 77.1 Å². The molecule has 0 bridgehead atoms. The zero-order valence-corrected chi connectivity index (χ0v) is 18.2. The van der Waals surface area contributed by atoms with Crippen molar-refractivity contribution in [3.63, 3.8) is 0 Å². The maximum absolute atomic E-state index is 13.5. The first kappa shape index (κ1) is 22.1. The van der Waals surface area contributed by atoms with E-state index in [4.69, 9.17) is 11.6 Å². The zero-order chi connectivity index (χ0) is 21.9. The van der Waals surface area contributed by atoms with Crippen LogP contribution in [-0.2, 0) is 21.4 Å². The Kier molecular flexibility index (Phi) is 6.63. The van der Waals surface area contributed by atoms with Crippen LogP contribution in [-0.4, -0.2) is 26.6 Å². The molecule has 0 saturated heterocycles. The van der Waals surface area contributed by atoms with E-state index in [0.29, 0.717) is 0 Å². The SMILES string of the molecule is CC[C@H](C(=O)NCc1ccc2ccccc2c1)N(c1ccc(F)c(Cl)c1)S(C)(=O)=O. The molecule has 0 aliphatic rings. The van der Waals surface area contributed by atoms with Crippen molar-refractivity contribution in [2.75, 3.05) is 10.6 Å². The standard InChI is InChI=1S/C22H22ClFN2O3S/c1-3-21(26(30(2,28)29)18-10-11-20(24)19(23)13-18)22(27)25-14-15-8-9-16-6-4-5-7-17(16)12-15/h4-13,21H,3,14H2,1-2H3,(H,25,27)/t21-/m1/s1. The first-order valence-corrected chi connectivity index (χ1v) is 11.6. The number of amides is 1. The van der Waals surface area contributed by atoms with E-state index in [0.717, 1.165) is 33.0 Å². The van der Waals surface area contributed by atoms with Gasteiger partial charge in [0.25, 0.3) is 0 Å². The largest absolute Gasteiger partial charge is 0.350 e. The molecule has 0 radical (unpaired) electrons. The molecule has 1 atom stereocenters. The third kappa shape index (κ3) is 4.91. The minimum atomic E-state index is -3.82. The van der Waals surface area contributed by atoms with Gasteiger partial charge in [-0.25, -0.2) is 12.8 Å². The minimum Gasteiger partial charge on any atom is -0.350 e. The molecule has 30 heavy (non-hydrogen) atoms. The summed E-state index contributed by atoms with van der Waals surface area (Å²) in [5.41, 5.74) is 1.03. The molecule has 0 aliphatic heterocycles. The van der Waals surface area contributed by atoms with Crippen LogP contribution in [0.2, 0.25) is 5.02 Å². The summed E-state index contributed by atoms with van der Waals surface area (Å²) in [7, 11) is -3.82. The van der Waals surface area contributed by atoms with Crippen LogP contribution >= 0.6 is 11.6 Å². The van der Waals surface area contributed by atoms with E-state index in [-0.39, 0.29) is 23.7 Å². The van der Waals surface area contributed by atoms with Crippen LogP contribution in [0.25, 0.3) is 10.8 Å².